The van der Waals surface area contributed by atoms with Crippen molar-refractivity contribution in [3.8, 4) is 0 Å². The lowest BCUT2D eigenvalue weighted by Gasteiger charge is -2.39. The van der Waals surface area contributed by atoms with Crippen molar-refractivity contribution < 1.29 is 17.6 Å². The summed E-state index contributed by atoms with van der Waals surface area (Å²) in [6, 6.07) is 9.86. The van der Waals surface area contributed by atoms with Gasteiger partial charge in [-0.1, -0.05) is 52.8 Å². The molecule has 0 bridgehead atoms. The summed E-state index contributed by atoms with van der Waals surface area (Å²) in [6.07, 6.45) is 1.53. The molecule has 8 heteroatoms. The van der Waals surface area contributed by atoms with E-state index in [1.54, 1.807) is 40.0 Å². The Labute approximate surface area is 199 Å². The van der Waals surface area contributed by atoms with Crippen molar-refractivity contribution in [2.24, 2.45) is 5.92 Å². The summed E-state index contributed by atoms with van der Waals surface area (Å²) in [6.45, 7) is 15.7. The highest BCUT2D eigenvalue weighted by atomic mass is 32.2. The molecule has 0 unspecified atom stereocenters. The Kier molecular flexibility index (Phi) is 9.03. The molecular weight excluding hydrogens is 458 g/mol. The van der Waals surface area contributed by atoms with Crippen LogP contribution in [0.5, 0.6) is 0 Å². The molecule has 0 saturated carbocycles. The topological polar surface area (TPSA) is 63.7 Å². The van der Waals surface area contributed by atoms with Crippen molar-refractivity contribution in [1.82, 2.24) is 4.31 Å². The predicted molar refractivity (Wildman–Crippen MR) is 135 cm³/mol. The lowest BCUT2D eigenvalue weighted by molar-refractivity contribution is 0.112. The molecule has 0 aliphatic heterocycles. The number of benzene rings is 1. The van der Waals surface area contributed by atoms with Crippen LogP contribution in [0.25, 0.3) is 0 Å². The highest BCUT2D eigenvalue weighted by Gasteiger charge is 2.40. The third kappa shape index (κ3) is 6.60. The van der Waals surface area contributed by atoms with Crippen LogP contribution in [0.4, 0.5) is 0 Å². The van der Waals surface area contributed by atoms with Crippen LogP contribution in [-0.4, -0.2) is 40.5 Å². The lowest BCUT2D eigenvalue weighted by atomic mass is 10.1. The molecule has 5 nitrogen and oxygen atoms in total. The largest absolute Gasteiger partial charge is 0.415 e. The summed E-state index contributed by atoms with van der Waals surface area (Å²) in [5.74, 6) is 0.347. The van der Waals surface area contributed by atoms with Crippen molar-refractivity contribution in [1.29, 1.82) is 0 Å². The molecule has 0 amide bonds. The smallest absolute Gasteiger partial charge is 0.243 e. The average molecular weight is 496 g/mol. The summed E-state index contributed by atoms with van der Waals surface area (Å²) in [5, 5.41) is 1.78. The van der Waals surface area contributed by atoms with Gasteiger partial charge in [-0.15, -0.1) is 11.3 Å². The maximum absolute atomic E-state index is 13.8. The number of aldehydes is 1. The molecule has 1 heterocycles. The van der Waals surface area contributed by atoms with Crippen molar-refractivity contribution in [2.45, 2.75) is 70.1 Å². The van der Waals surface area contributed by atoms with Crippen molar-refractivity contribution >= 4 is 36.0 Å². The third-order valence-corrected chi connectivity index (χ3v) is 13.6. The van der Waals surface area contributed by atoms with E-state index in [2.05, 4.69) is 47.7 Å². The van der Waals surface area contributed by atoms with E-state index in [4.69, 9.17) is 4.43 Å². The van der Waals surface area contributed by atoms with Gasteiger partial charge in [0.25, 0.3) is 0 Å². The van der Waals surface area contributed by atoms with E-state index in [9.17, 15) is 13.2 Å². The second-order valence-corrected chi connectivity index (χ2v) is 17.7. The Morgan fingerprint density at radius 2 is 1.78 bits per heavy atom. The van der Waals surface area contributed by atoms with E-state index in [0.29, 0.717) is 18.0 Å². The minimum atomic E-state index is -3.76. The minimum absolute atomic E-state index is 0.00201. The number of sulfonamides is 1. The Morgan fingerprint density at radius 3 is 2.28 bits per heavy atom. The second kappa shape index (κ2) is 10.7. The molecule has 2 rings (SSSR count). The average Bonchev–Trinajstić information content (AvgIpc) is 3.18. The van der Waals surface area contributed by atoms with E-state index in [1.807, 2.05) is 6.07 Å². The van der Waals surface area contributed by atoms with E-state index < -0.39 is 24.4 Å². The number of rotatable bonds is 11. The summed E-state index contributed by atoms with van der Waals surface area (Å²) < 4.78 is 35.7. The summed E-state index contributed by atoms with van der Waals surface area (Å²) in [4.78, 5) is 12.4. The highest BCUT2D eigenvalue weighted by Crippen LogP contribution is 2.39. The van der Waals surface area contributed by atoms with Gasteiger partial charge >= 0.3 is 0 Å². The molecule has 1 aromatic carbocycles. The predicted octanol–water partition coefficient (Wildman–Crippen LogP) is 6.36. The van der Waals surface area contributed by atoms with Crippen LogP contribution in [0.1, 0.15) is 62.3 Å². The molecule has 0 fully saturated rings. The van der Waals surface area contributed by atoms with Gasteiger partial charge < -0.3 is 4.43 Å². The molecule has 0 N–H and O–H groups in total. The molecule has 0 aliphatic carbocycles. The zero-order chi connectivity index (χ0) is 24.2. The molecule has 0 saturated heterocycles. The molecule has 32 heavy (non-hydrogen) atoms. The van der Waals surface area contributed by atoms with Gasteiger partial charge in [0.2, 0.25) is 10.0 Å². The number of hydrogen-bond donors (Lipinski definition) is 0. The maximum atomic E-state index is 13.8. The summed E-state index contributed by atoms with van der Waals surface area (Å²) >= 11 is 1.41. The molecule has 0 radical (unpaired) electrons. The molecule has 1 aromatic heterocycles. The first-order chi connectivity index (χ1) is 14.8. The quantitative estimate of drug-likeness (QED) is 0.269. The van der Waals surface area contributed by atoms with Crippen molar-refractivity contribution in [2.75, 3.05) is 13.2 Å². The molecule has 0 aliphatic rings. The van der Waals surface area contributed by atoms with Crippen LogP contribution in [0, 0.1) is 5.92 Å². The molecular formula is C24H37NO4S2Si. The second-order valence-electron chi connectivity index (χ2n) is 10.1. The van der Waals surface area contributed by atoms with Crippen LogP contribution in [0.15, 0.2) is 46.7 Å². The minimum Gasteiger partial charge on any atom is -0.415 e. The van der Waals surface area contributed by atoms with Crippen LogP contribution in [0.3, 0.4) is 0 Å². The monoisotopic (exact) mass is 495 g/mol. The van der Waals surface area contributed by atoms with E-state index >= 15 is 0 Å². The number of carbonyl (C=O) groups excluding carboxylic acids is 1. The Bertz CT molecular complexity index is 979. The molecule has 0 spiro atoms. The normalized spacial score (nSPS) is 14.2. The fourth-order valence-corrected chi connectivity index (χ4v) is 6.63. The maximum Gasteiger partial charge on any atom is 0.243 e. The number of hydrogen-bond acceptors (Lipinski definition) is 5. The zero-order valence-corrected chi connectivity index (χ0v) is 22.9. The van der Waals surface area contributed by atoms with Gasteiger partial charge in [-0.2, -0.15) is 4.31 Å². The number of nitrogens with zero attached hydrogens (tertiary/aromatic N) is 1. The van der Waals surface area contributed by atoms with Gasteiger partial charge in [0, 0.05) is 22.4 Å². The van der Waals surface area contributed by atoms with Crippen molar-refractivity contribution in [3.05, 3.63) is 52.2 Å². The van der Waals surface area contributed by atoms with Crippen LogP contribution >= 0.6 is 11.3 Å². The van der Waals surface area contributed by atoms with Gasteiger partial charge in [0.1, 0.15) is 0 Å². The molecule has 178 valence electrons. The lowest BCUT2D eigenvalue weighted by Crippen LogP contribution is -2.45. The third-order valence-electron chi connectivity index (χ3n) is 6.14. The number of thiophene rings is 1. The van der Waals surface area contributed by atoms with Gasteiger partial charge in [-0.05, 0) is 48.7 Å². The fourth-order valence-electron chi connectivity index (χ4n) is 2.97. The van der Waals surface area contributed by atoms with Gasteiger partial charge in [0.15, 0.2) is 14.6 Å². The SMILES string of the molecule is CC(C)CCN([C@H](CO[Si](C)(C)C(C)(C)C)c1cc(C=O)cs1)S(=O)(=O)c1ccccc1. The number of carbonyl (C=O) groups is 1. The Hall–Kier alpha value is -1.32. The van der Waals surface area contributed by atoms with Gasteiger partial charge in [0.05, 0.1) is 17.5 Å². The standard InChI is InChI=1S/C24H37NO4S2Si/c1-19(2)13-14-25(31(27,28)21-11-9-8-10-12-21)22(23-15-20(16-26)18-30-23)17-29-32(6,7)24(3,4)5/h8-12,15-16,18-19,22H,13-14,17H2,1-7H3/t22-/m1/s1. The van der Waals surface area contributed by atoms with Gasteiger partial charge in [-0.25, -0.2) is 8.42 Å². The van der Waals surface area contributed by atoms with Crippen molar-refractivity contribution in [3.63, 3.8) is 0 Å². The van der Waals surface area contributed by atoms with Gasteiger partial charge in [-0.3, -0.25) is 4.79 Å². The Balaban J connectivity index is 2.54. The first kappa shape index (κ1) is 26.9. The molecule has 2 aromatic rings. The van der Waals surface area contributed by atoms with E-state index in [0.717, 1.165) is 17.6 Å². The summed E-state index contributed by atoms with van der Waals surface area (Å²) in [7, 11) is -5.88. The molecule has 1 atom stereocenters. The van der Waals surface area contributed by atoms with E-state index in [-0.39, 0.29) is 16.5 Å². The van der Waals surface area contributed by atoms with Crippen LogP contribution < -0.4 is 0 Å². The first-order valence-corrected chi connectivity index (χ1v) is 16.3. The zero-order valence-electron chi connectivity index (χ0n) is 20.3. The Morgan fingerprint density at radius 1 is 1.16 bits per heavy atom. The first-order valence-electron chi connectivity index (χ1n) is 11.0. The fraction of sp³-hybridized carbons (Fsp3) is 0.542. The van der Waals surface area contributed by atoms with Crippen LogP contribution in [-0.2, 0) is 14.4 Å². The van der Waals surface area contributed by atoms with Crippen LogP contribution in [0.2, 0.25) is 18.1 Å². The van der Waals surface area contributed by atoms with E-state index in [1.165, 1.54) is 11.3 Å². The summed E-state index contributed by atoms with van der Waals surface area (Å²) in [5.41, 5.74) is 0.559. The highest BCUT2D eigenvalue weighted by molar-refractivity contribution is 7.89.